The molecule has 3 atom stereocenters. The molecule has 0 bridgehead atoms. The van der Waals surface area contributed by atoms with E-state index in [0.29, 0.717) is 11.8 Å². The zero-order chi connectivity index (χ0) is 17.6. The molecule has 132 valence electrons. The number of aromatic nitrogens is 1. The maximum Gasteiger partial charge on any atom is 0.253 e. The average Bonchev–Trinajstić information content (AvgIpc) is 3.33. The van der Waals surface area contributed by atoms with Crippen LogP contribution in [-0.4, -0.2) is 40.3 Å². The fourth-order valence-electron chi connectivity index (χ4n) is 4.91. The number of carbonyl (C=O) groups is 1. The number of nitrogens with zero attached hydrogens (tertiary/aromatic N) is 3. The van der Waals surface area contributed by atoms with Crippen LogP contribution in [0.5, 0.6) is 0 Å². The number of rotatable bonds is 3. The van der Waals surface area contributed by atoms with E-state index < -0.39 is 5.54 Å². The fourth-order valence-corrected chi connectivity index (χ4v) is 4.91. The molecule has 1 saturated heterocycles. The number of nitrogens with one attached hydrogen (secondary N) is 1. The van der Waals surface area contributed by atoms with E-state index in [2.05, 4.69) is 27.3 Å². The summed E-state index contributed by atoms with van der Waals surface area (Å²) < 4.78 is 0. The van der Waals surface area contributed by atoms with Gasteiger partial charge in [0, 0.05) is 43.5 Å². The monoisotopic (exact) mass is 346 g/mol. The maximum atomic E-state index is 12.9. The van der Waals surface area contributed by atoms with Crippen LogP contribution in [0, 0.1) is 11.8 Å². The molecule has 3 heterocycles. The first-order valence-corrected chi connectivity index (χ1v) is 9.32. The van der Waals surface area contributed by atoms with E-state index in [1.165, 1.54) is 5.56 Å². The molecule has 1 aromatic carbocycles. The zero-order valence-electron chi connectivity index (χ0n) is 14.6. The van der Waals surface area contributed by atoms with Crippen molar-refractivity contribution in [1.29, 1.82) is 0 Å². The van der Waals surface area contributed by atoms with Crippen molar-refractivity contribution in [3.63, 3.8) is 0 Å². The lowest BCUT2D eigenvalue weighted by Crippen LogP contribution is -2.44. The Bertz CT molecular complexity index is 851. The van der Waals surface area contributed by atoms with Gasteiger partial charge in [-0.2, -0.15) is 0 Å². The van der Waals surface area contributed by atoms with Gasteiger partial charge in [0.1, 0.15) is 11.4 Å². The van der Waals surface area contributed by atoms with E-state index in [1.807, 2.05) is 42.7 Å². The van der Waals surface area contributed by atoms with Gasteiger partial charge in [0.2, 0.25) is 0 Å². The second-order valence-corrected chi connectivity index (χ2v) is 7.66. The van der Waals surface area contributed by atoms with Crippen LogP contribution >= 0.6 is 0 Å². The molecule has 5 rings (SSSR count). The Hall–Kier alpha value is -2.53. The predicted molar refractivity (Wildman–Crippen MR) is 99.6 cm³/mol. The molecule has 1 amide bonds. The summed E-state index contributed by atoms with van der Waals surface area (Å²) in [5, 5.41) is 3.06. The first kappa shape index (κ1) is 15.7. The molecule has 2 fully saturated rings. The minimum atomic E-state index is -0.567. The molecule has 1 aromatic heterocycles. The highest BCUT2D eigenvalue weighted by Crippen LogP contribution is 2.49. The van der Waals surface area contributed by atoms with Crippen molar-refractivity contribution < 1.29 is 4.79 Å². The molecule has 1 N–H and O–H groups in total. The lowest BCUT2D eigenvalue weighted by Gasteiger charge is -2.25. The van der Waals surface area contributed by atoms with Crippen molar-refractivity contribution in [2.24, 2.45) is 16.8 Å². The molecule has 0 radical (unpaired) electrons. The van der Waals surface area contributed by atoms with Crippen LogP contribution in [0.25, 0.3) is 0 Å². The summed E-state index contributed by atoms with van der Waals surface area (Å²) in [5.74, 6) is 1.70. The Labute approximate surface area is 153 Å². The molecular weight excluding hydrogens is 324 g/mol. The Morgan fingerprint density at radius 3 is 2.73 bits per heavy atom. The fraction of sp³-hybridized carbons (Fsp3) is 0.381. The Balaban J connectivity index is 1.39. The summed E-state index contributed by atoms with van der Waals surface area (Å²) in [7, 11) is 0. The maximum absolute atomic E-state index is 12.9. The minimum absolute atomic E-state index is 0.0922. The molecular formula is C21H22N4O. The largest absolute Gasteiger partial charge is 0.308 e. The predicted octanol–water partition coefficient (Wildman–Crippen LogP) is 2.24. The molecule has 1 aliphatic carbocycles. The first-order chi connectivity index (χ1) is 12.7. The van der Waals surface area contributed by atoms with Crippen LogP contribution in [0.3, 0.4) is 0 Å². The molecule has 2 aliphatic heterocycles. The molecule has 2 aromatic rings. The summed E-state index contributed by atoms with van der Waals surface area (Å²) in [6.45, 7) is 2.91. The van der Waals surface area contributed by atoms with E-state index >= 15 is 0 Å². The summed E-state index contributed by atoms with van der Waals surface area (Å²) in [6, 6.07) is 14.1. The highest BCUT2D eigenvalue weighted by atomic mass is 16.2. The van der Waals surface area contributed by atoms with Crippen molar-refractivity contribution in [3.05, 3.63) is 66.0 Å². The second-order valence-electron chi connectivity index (χ2n) is 7.66. The topological polar surface area (TPSA) is 57.6 Å². The molecule has 0 unspecified atom stereocenters. The lowest BCUT2D eigenvalue weighted by atomic mass is 9.85. The highest BCUT2D eigenvalue weighted by Gasteiger charge is 2.59. The summed E-state index contributed by atoms with van der Waals surface area (Å²) in [6.07, 6.45) is 5.63. The van der Waals surface area contributed by atoms with E-state index in [-0.39, 0.29) is 5.91 Å². The average molecular weight is 346 g/mol. The minimum Gasteiger partial charge on any atom is -0.308 e. The number of amides is 1. The van der Waals surface area contributed by atoms with Crippen molar-refractivity contribution in [1.82, 2.24) is 15.2 Å². The lowest BCUT2D eigenvalue weighted by molar-refractivity contribution is -0.125. The summed E-state index contributed by atoms with van der Waals surface area (Å²) >= 11 is 0. The van der Waals surface area contributed by atoms with Gasteiger partial charge in [-0.05, 0) is 36.5 Å². The third-order valence-electron chi connectivity index (χ3n) is 6.17. The quantitative estimate of drug-likeness (QED) is 0.927. The van der Waals surface area contributed by atoms with Gasteiger partial charge in [0.15, 0.2) is 0 Å². The third kappa shape index (κ3) is 2.46. The zero-order valence-corrected chi connectivity index (χ0v) is 14.6. The summed E-state index contributed by atoms with van der Waals surface area (Å²) in [5.41, 5.74) is 1.70. The number of pyridine rings is 1. The van der Waals surface area contributed by atoms with Crippen LogP contribution in [0.1, 0.15) is 24.0 Å². The number of amidine groups is 1. The molecule has 5 heteroatoms. The van der Waals surface area contributed by atoms with Crippen molar-refractivity contribution >= 4 is 11.7 Å². The molecule has 1 saturated carbocycles. The van der Waals surface area contributed by atoms with E-state index in [0.717, 1.165) is 43.9 Å². The van der Waals surface area contributed by atoms with Crippen LogP contribution in [0.2, 0.25) is 0 Å². The number of hydrogen-bond acceptors (Lipinski definition) is 4. The standard InChI is InChI=1S/C21H22N4O/c26-20-21(24-19(23-20)16-4-2-1-3-5-16)9-6-17-13-25(14-18(17)21)12-15-7-10-22-11-8-15/h1-5,7-8,10-11,17-18H,6,9,12-14H2,(H,23,24,26)/t17-,18+,21-/m1/s1. The van der Waals surface area contributed by atoms with Gasteiger partial charge in [-0.15, -0.1) is 0 Å². The van der Waals surface area contributed by atoms with Crippen LogP contribution in [-0.2, 0) is 11.3 Å². The normalized spacial score (nSPS) is 30.5. The first-order valence-electron chi connectivity index (χ1n) is 9.32. The molecule has 3 aliphatic rings. The van der Waals surface area contributed by atoms with Crippen molar-refractivity contribution in [3.8, 4) is 0 Å². The van der Waals surface area contributed by atoms with Gasteiger partial charge in [0.25, 0.3) is 5.91 Å². The number of carbonyl (C=O) groups excluding carboxylic acids is 1. The van der Waals surface area contributed by atoms with Crippen LogP contribution < -0.4 is 5.32 Å². The Morgan fingerprint density at radius 1 is 1.12 bits per heavy atom. The van der Waals surface area contributed by atoms with Gasteiger partial charge in [-0.25, -0.2) is 0 Å². The second kappa shape index (κ2) is 6.02. The van der Waals surface area contributed by atoms with Gasteiger partial charge in [-0.3, -0.25) is 19.7 Å². The number of fused-ring (bicyclic) bond motifs is 2. The molecule has 5 nitrogen and oxygen atoms in total. The number of hydrogen-bond donors (Lipinski definition) is 1. The van der Waals surface area contributed by atoms with E-state index in [9.17, 15) is 4.79 Å². The van der Waals surface area contributed by atoms with Crippen LogP contribution in [0.4, 0.5) is 0 Å². The van der Waals surface area contributed by atoms with Gasteiger partial charge in [0.05, 0.1) is 0 Å². The summed E-state index contributed by atoms with van der Waals surface area (Å²) in [4.78, 5) is 24.5. The van der Waals surface area contributed by atoms with Gasteiger partial charge >= 0.3 is 0 Å². The molecule has 1 spiro atoms. The number of benzene rings is 1. The van der Waals surface area contributed by atoms with Crippen molar-refractivity contribution in [2.45, 2.75) is 24.9 Å². The highest BCUT2D eigenvalue weighted by molar-refractivity contribution is 6.15. The van der Waals surface area contributed by atoms with Gasteiger partial charge < -0.3 is 5.32 Å². The number of likely N-dealkylation sites (tertiary alicyclic amines) is 1. The Kier molecular flexibility index (Phi) is 3.64. The van der Waals surface area contributed by atoms with E-state index in [1.54, 1.807) is 0 Å². The van der Waals surface area contributed by atoms with Gasteiger partial charge in [-0.1, -0.05) is 30.3 Å². The molecule has 26 heavy (non-hydrogen) atoms. The smallest absolute Gasteiger partial charge is 0.253 e. The van der Waals surface area contributed by atoms with Crippen LogP contribution in [0.15, 0.2) is 59.9 Å². The van der Waals surface area contributed by atoms with Crippen molar-refractivity contribution in [2.75, 3.05) is 13.1 Å². The third-order valence-corrected chi connectivity index (χ3v) is 6.17. The SMILES string of the molecule is O=C1NC(c2ccccc2)=N[C@@]12CC[C@@H]1CN(Cc3ccncc3)C[C@@H]12. The Morgan fingerprint density at radius 2 is 1.92 bits per heavy atom. The van der Waals surface area contributed by atoms with E-state index in [4.69, 9.17) is 4.99 Å². The number of aliphatic imine (C=N–C) groups is 1.